The molecule has 0 bridgehead atoms. The van der Waals surface area contributed by atoms with Gasteiger partial charge < -0.3 is 18.9 Å². The molecule has 0 unspecified atom stereocenters. The predicted octanol–water partition coefficient (Wildman–Crippen LogP) is 1.38. The molecule has 0 saturated carbocycles. The van der Waals surface area contributed by atoms with E-state index in [1.807, 2.05) is 0 Å². The molecule has 19 heavy (non-hydrogen) atoms. The fourth-order valence-electron chi connectivity index (χ4n) is 1.56. The second kappa shape index (κ2) is 5.64. The quantitative estimate of drug-likeness (QED) is 0.370. The van der Waals surface area contributed by atoms with Crippen molar-refractivity contribution in [2.75, 3.05) is 6.79 Å². The first kappa shape index (κ1) is 13.9. The van der Waals surface area contributed by atoms with E-state index in [1.165, 1.54) is 6.07 Å². The van der Waals surface area contributed by atoms with Crippen LogP contribution in [0.5, 0.6) is 0 Å². The van der Waals surface area contributed by atoms with Gasteiger partial charge in [0.1, 0.15) is 5.58 Å². The lowest BCUT2D eigenvalue weighted by Gasteiger charge is -2.07. The van der Waals surface area contributed by atoms with Crippen LogP contribution in [0.2, 0.25) is 0 Å². The molecule has 0 aliphatic heterocycles. The summed E-state index contributed by atoms with van der Waals surface area (Å²) in [7, 11) is -4.55. The minimum Gasteiger partial charge on any atom is -0.423 e. The summed E-state index contributed by atoms with van der Waals surface area (Å²) < 4.78 is 24.5. The summed E-state index contributed by atoms with van der Waals surface area (Å²) in [5, 5.41) is 0.693. The highest BCUT2D eigenvalue weighted by atomic mass is 31.2. The lowest BCUT2D eigenvalue weighted by Crippen LogP contribution is -2.04. The summed E-state index contributed by atoms with van der Waals surface area (Å²) in [6.07, 6.45) is 0. The Morgan fingerprint density at radius 1 is 1.26 bits per heavy atom. The van der Waals surface area contributed by atoms with Gasteiger partial charge in [0.25, 0.3) is 0 Å². The Bertz CT molecular complexity index is 672. The third-order valence-electron chi connectivity index (χ3n) is 2.30. The fourth-order valence-corrected chi connectivity index (χ4v) is 1.77. The van der Waals surface area contributed by atoms with Crippen molar-refractivity contribution in [1.82, 2.24) is 0 Å². The topological polar surface area (TPSA) is 106 Å². The smallest absolute Gasteiger partial charge is 0.423 e. The Balaban J connectivity index is 2.12. The van der Waals surface area contributed by atoms with Crippen LogP contribution in [0, 0.1) is 0 Å². The molecular weight excluding hydrogens is 275 g/mol. The van der Waals surface area contributed by atoms with Crippen molar-refractivity contribution < 1.29 is 28.0 Å². The molecule has 8 heteroatoms. The first-order chi connectivity index (χ1) is 8.96. The van der Waals surface area contributed by atoms with Crippen molar-refractivity contribution in [2.45, 2.75) is 6.61 Å². The molecule has 0 aliphatic carbocycles. The van der Waals surface area contributed by atoms with E-state index in [1.54, 1.807) is 24.3 Å². The molecule has 0 amide bonds. The molecule has 7 nitrogen and oxygen atoms in total. The zero-order chi connectivity index (χ0) is 13.9. The van der Waals surface area contributed by atoms with Crippen LogP contribution in [0.4, 0.5) is 0 Å². The molecule has 0 fully saturated rings. The van der Waals surface area contributed by atoms with Gasteiger partial charge >= 0.3 is 13.4 Å². The van der Waals surface area contributed by atoms with Gasteiger partial charge in [-0.1, -0.05) is 18.2 Å². The summed E-state index contributed by atoms with van der Waals surface area (Å²) in [6, 6.07) is 8.16. The number of benzene rings is 1. The molecule has 2 rings (SSSR count). The van der Waals surface area contributed by atoms with E-state index in [9.17, 15) is 9.36 Å². The normalized spacial score (nSPS) is 11.9. The Morgan fingerprint density at radius 2 is 2.00 bits per heavy atom. The van der Waals surface area contributed by atoms with Crippen LogP contribution in [0.1, 0.15) is 5.56 Å². The van der Waals surface area contributed by atoms with Crippen LogP contribution in [0.3, 0.4) is 0 Å². The fraction of sp³-hybridized carbons (Fsp3) is 0.182. The zero-order valence-corrected chi connectivity index (χ0v) is 10.6. The molecule has 0 spiro atoms. The average Bonchev–Trinajstić information content (AvgIpc) is 2.33. The Kier molecular flexibility index (Phi) is 4.14. The number of ether oxygens (including phenoxy) is 1. The van der Waals surface area contributed by atoms with Crippen LogP contribution in [0.25, 0.3) is 11.0 Å². The molecule has 2 aromatic rings. The highest BCUT2D eigenvalue weighted by molar-refractivity contribution is 7.46. The SMILES string of the molecule is O=c1cc(COCOP(=O)(O)O)c2ccccc2o1. The molecule has 1 aromatic heterocycles. The third kappa shape index (κ3) is 3.99. The van der Waals surface area contributed by atoms with E-state index in [4.69, 9.17) is 18.9 Å². The molecule has 1 heterocycles. The first-order valence-corrected chi connectivity index (χ1v) is 6.78. The summed E-state index contributed by atoms with van der Waals surface area (Å²) in [5.74, 6) is 0. The molecule has 102 valence electrons. The minimum atomic E-state index is -4.55. The second-order valence-corrected chi connectivity index (χ2v) is 4.91. The first-order valence-electron chi connectivity index (χ1n) is 5.25. The summed E-state index contributed by atoms with van der Waals surface area (Å²) >= 11 is 0. The highest BCUT2D eigenvalue weighted by Crippen LogP contribution is 2.35. The summed E-state index contributed by atoms with van der Waals surface area (Å²) in [4.78, 5) is 28.3. The summed E-state index contributed by atoms with van der Waals surface area (Å²) in [6.45, 7) is -0.592. The van der Waals surface area contributed by atoms with Crippen LogP contribution in [-0.2, 0) is 20.4 Å². The zero-order valence-electron chi connectivity index (χ0n) is 9.68. The van der Waals surface area contributed by atoms with E-state index in [2.05, 4.69) is 4.52 Å². The molecule has 0 atom stereocenters. The predicted molar refractivity (Wildman–Crippen MR) is 65.3 cm³/mol. The minimum absolute atomic E-state index is 0.0217. The molecule has 0 radical (unpaired) electrons. The van der Waals surface area contributed by atoms with Crippen LogP contribution in [0.15, 0.2) is 39.5 Å². The van der Waals surface area contributed by atoms with Gasteiger partial charge in [-0.25, -0.2) is 9.36 Å². The van der Waals surface area contributed by atoms with Gasteiger partial charge in [-0.2, -0.15) is 0 Å². The van der Waals surface area contributed by atoms with E-state index in [0.29, 0.717) is 16.5 Å². The van der Waals surface area contributed by atoms with Gasteiger partial charge in [0.05, 0.1) is 6.61 Å². The van der Waals surface area contributed by atoms with Gasteiger partial charge in [-0.15, -0.1) is 0 Å². The van der Waals surface area contributed by atoms with Gasteiger partial charge in [0.2, 0.25) is 0 Å². The number of para-hydroxylation sites is 1. The molecule has 0 saturated heterocycles. The number of hydrogen-bond acceptors (Lipinski definition) is 5. The average molecular weight is 286 g/mol. The van der Waals surface area contributed by atoms with E-state index in [0.717, 1.165) is 0 Å². The van der Waals surface area contributed by atoms with Gasteiger partial charge in [0, 0.05) is 11.5 Å². The van der Waals surface area contributed by atoms with Gasteiger partial charge in [0.15, 0.2) is 6.79 Å². The largest absolute Gasteiger partial charge is 0.471 e. The third-order valence-corrected chi connectivity index (χ3v) is 2.74. The van der Waals surface area contributed by atoms with Crippen molar-refractivity contribution in [3.05, 3.63) is 46.3 Å². The lowest BCUT2D eigenvalue weighted by atomic mass is 10.1. The molecule has 2 N–H and O–H groups in total. The Hall–Kier alpha value is -1.50. The van der Waals surface area contributed by atoms with Crippen molar-refractivity contribution in [3.63, 3.8) is 0 Å². The Labute approximate surface area is 107 Å². The number of phosphoric acid groups is 1. The molecule has 1 aromatic carbocycles. The molecule has 0 aliphatic rings. The molecular formula is C11H11O7P. The maximum Gasteiger partial charge on any atom is 0.471 e. The monoisotopic (exact) mass is 286 g/mol. The maximum atomic E-state index is 11.3. The van der Waals surface area contributed by atoms with Gasteiger partial charge in [-0.3, -0.25) is 4.52 Å². The van der Waals surface area contributed by atoms with E-state index in [-0.39, 0.29) is 6.61 Å². The standard InChI is InChI=1S/C11H11O7P/c12-11-5-8(6-16-7-17-19(13,14)15)9-3-1-2-4-10(9)18-11/h1-5H,6-7H2,(H2,13,14,15). The van der Waals surface area contributed by atoms with Crippen LogP contribution < -0.4 is 5.63 Å². The maximum absolute atomic E-state index is 11.3. The summed E-state index contributed by atoms with van der Waals surface area (Å²) in [5.41, 5.74) is 0.457. The highest BCUT2D eigenvalue weighted by Gasteiger charge is 2.13. The van der Waals surface area contributed by atoms with Crippen molar-refractivity contribution >= 4 is 18.8 Å². The number of hydrogen-bond donors (Lipinski definition) is 2. The van der Waals surface area contributed by atoms with Crippen molar-refractivity contribution in [2.24, 2.45) is 0 Å². The second-order valence-electron chi connectivity index (χ2n) is 3.67. The van der Waals surface area contributed by atoms with Crippen LogP contribution >= 0.6 is 7.82 Å². The number of rotatable bonds is 5. The van der Waals surface area contributed by atoms with E-state index >= 15 is 0 Å². The van der Waals surface area contributed by atoms with Crippen molar-refractivity contribution in [3.8, 4) is 0 Å². The number of fused-ring (bicyclic) bond motifs is 1. The van der Waals surface area contributed by atoms with Crippen LogP contribution in [-0.4, -0.2) is 16.6 Å². The lowest BCUT2D eigenvalue weighted by molar-refractivity contribution is -0.0105. The van der Waals surface area contributed by atoms with Gasteiger partial charge in [-0.05, 0) is 11.6 Å². The number of phosphoric ester groups is 1. The Morgan fingerprint density at radius 3 is 2.74 bits per heavy atom. The van der Waals surface area contributed by atoms with Crippen molar-refractivity contribution in [1.29, 1.82) is 0 Å². The van der Waals surface area contributed by atoms with E-state index < -0.39 is 20.2 Å².